The molecule has 2 aromatic carbocycles. The molecule has 1 aliphatic carbocycles. The zero-order chi connectivity index (χ0) is 24.9. The molecule has 0 spiro atoms. The lowest BCUT2D eigenvalue weighted by molar-refractivity contribution is -0.115. The normalized spacial score (nSPS) is 14.6. The van der Waals surface area contributed by atoms with E-state index in [4.69, 9.17) is 4.98 Å². The molecule has 1 N–H and O–H groups in total. The lowest BCUT2D eigenvalue weighted by atomic mass is 9.82. The summed E-state index contributed by atoms with van der Waals surface area (Å²) < 4.78 is 1.01. The summed E-state index contributed by atoms with van der Waals surface area (Å²) in [5.41, 5.74) is 6.02. The molecule has 2 aromatic heterocycles. The van der Waals surface area contributed by atoms with E-state index in [-0.39, 0.29) is 5.91 Å². The van der Waals surface area contributed by atoms with Crippen molar-refractivity contribution in [2.75, 3.05) is 11.1 Å². The van der Waals surface area contributed by atoms with Gasteiger partial charge in [-0.05, 0) is 54.5 Å². The summed E-state index contributed by atoms with van der Waals surface area (Å²) in [6, 6.07) is 22.8. The summed E-state index contributed by atoms with van der Waals surface area (Å²) in [6.07, 6.45) is 3.18. The third-order valence-electron chi connectivity index (χ3n) is 6.20. The second kappa shape index (κ2) is 11.4. The quantitative estimate of drug-likeness (QED) is 0.235. The van der Waals surface area contributed by atoms with E-state index in [1.807, 2.05) is 41.8 Å². The van der Waals surface area contributed by atoms with Gasteiger partial charge in [0.2, 0.25) is 5.91 Å². The second-order valence-corrected chi connectivity index (χ2v) is 11.5. The lowest BCUT2D eigenvalue weighted by Crippen LogP contribution is -2.15. The highest BCUT2D eigenvalue weighted by Crippen LogP contribution is 2.34. The van der Waals surface area contributed by atoms with Crippen molar-refractivity contribution in [1.29, 1.82) is 5.26 Å². The smallest absolute Gasteiger partial charge is 0.226 e. The fraction of sp³-hybridized carbons (Fsp3) is 0.214. The average Bonchev–Trinajstić information content (AvgIpc) is 3.37. The number of thiazole rings is 1. The molecular weight excluding hydrogens is 552 g/mol. The van der Waals surface area contributed by atoms with Gasteiger partial charge in [0.25, 0.3) is 0 Å². The van der Waals surface area contributed by atoms with Crippen LogP contribution in [-0.2, 0) is 17.6 Å². The minimum absolute atomic E-state index is 0.0959. The topological polar surface area (TPSA) is 78.7 Å². The molecule has 1 atom stereocenters. The van der Waals surface area contributed by atoms with E-state index in [0.29, 0.717) is 33.8 Å². The standard InChI is InChI=1S/C28H23BrN4OS2/c29-23-9-6-19(7-10-23)25-17-36-28(32-25)33-26(34)12-13-35-27-22(16-30)15-21-14-20(8-11-24(21)31-27)18-4-2-1-3-5-18/h1-7,9-10,15,17,20H,8,11-14H2,(H,32,33,34). The Morgan fingerprint density at radius 1 is 1.17 bits per heavy atom. The van der Waals surface area contributed by atoms with Crippen LogP contribution in [0.25, 0.3) is 11.3 Å². The first-order valence-electron chi connectivity index (χ1n) is 11.7. The molecule has 8 heteroatoms. The van der Waals surface area contributed by atoms with Crippen molar-refractivity contribution < 1.29 is 4.79 Å². The monoisotopic (exact) mass is 574 g/mol. The maximum atomic E-state index is 12.5. The first kappa shape index (κ1) is 24.7. The van der Waals surface area contributed by atoms with Gasteiger partial charge in [0.1, 0.15) is 11.1 Å². The number of anilines is 1. The molecule has 0 saturated carbocycles. The van der Waals surface area contributed by atoms with Gasteiger partial charge in [-0.2, -0.15) is 5.26 Å². The van der Waals surface area contributed by atoms with Crippen LogP contribution in [0, 0.1) is 11.3 Å². The molecule has 0 saturated heterocycles. The third kappa shape index (κ3) is 5.86. The number of nitrogens with zero attached hydrogens (tertiary/aromatic N) is 3. The molecule has 0 bridgehead atoms. The zero-order valence-corrected chi connectivity index (χ0v) is 22.6. The summed E-state index contributed by atoms with van der Waals surface area (Å²) in [6.45, 7) is 0. The summed E-state index contributed by atoms with van der Waals surface area (Å²) in [7, 11) is 0. The highest BCUT2D eigenvalue weighted by Gasteiger charge is 2.23. The molecule has 180 valence electrons. The summed E-state index contributed by atoms with van der Waals surface area (Å²) in [5.74, 6) is 0.912. The molecule has 0 aliphatic heterocycles. The van der Waals surface area contributed by atoms with Crippen molar-refractivity contribution >= 4 is 50.1 Å². The number of carbonyl (C=O) groups is 1. The Morgan fingerprint density at radius 3 is 2.75 bits per heavy atom. The highest BCUT2D eigenvalue weighted by molar-refractivity contribution is 9.10. The van der Waals surface area contributed by atoms with Crippen molar-refractivity contribution in [3.05, 3.63) is 92.9 Å². The Labute approximate surface area is 227 Å². The zero-order valence-electron chi connectivity index (χ0n) is 19.4. The molecular formula is C28H23BrN4OS2. The van der Waals surface area contributed by atoms with Gasteiger partial charge in [-0.3, -0.25) is 4.79 Å². The maximum absolute atomic E-state index is 12.5. The van der Waals surface area contributed by atoms with Gasteiger partial charge >= 0.3 is 0 Å². The van der Waals surface area contributed by atoms with Crippen molar-refractivity contribution in [3.63, 3.8) is 0 Å². The molecule has 5 rings (SSSR count). The van der Waals surface area contributed by atoms with Gasteiger partial charge in [-0.1, -0.05) is 58.4 Å². The number of fused-ring (bicyclic) bond motifs is 1. The van der Waals surface area contributed by atoms with Gasteiger partial charge in [-0.25, -0.2) is 9.97 Å². The Balaban J connectivity index is 1.17. The summed E-state index contributed by atoms with van der Waals surface area (Å²) >= 11 is 6.31. The van der Waals surface area contributed by atoms with E-state index < -0.39 is 0 Å². The predicted octanol–water partition coefficient (Wildman–Crippen LogP) is 7.23. The van der Waals surface area contributed by atoms with Gasteiger partial charge in [0.05, 0.1) is 11.3 Å². The third-order valence-corrected chi connectivity index (χ3v) is 8.48. The van der Waals surface area contributed by atoms with E-state index in [9.17, 15) is 10.1 Å². The summed E-state index contributed by atoms with van der Waals surface area (Å²) in [5, 5.41) is 15.9. The molecule has 2 heterocycles. The number of aryl methyl sites for hydroxylation is 1. The minimum atomic E-state index is -0.0959. The number of amides is 1. The highest BCUT2D eigenvalue weighted by atomic mass is 79.9. The van der Waals surface area contributed by atoms with Crippen LogP contribution in [0.1, 0.15) is 41.1 Å². The van der Waals surface area contributed by atoms with Crippen LogP contribution in [0.15, 0.2) is 75.5 Å². The number of hydrogen-bond donors (Lipinski definition) is 1. The minimum Gasteiger partial charge on any atom is -0.302 e. The van der Waals surface area contributed by atoms with Crippen LogP contribution in [-0.4, -0.2) is 21.6 Å². The van der Waals surface area contributed by atoms with Gasteiger partial charge in [0, 0.05) is 33.3 Å². The van der Waals surface area contributed by atoms with Crippen molar-refractivity contribution in [1.82, 2.24) is 9.97 Å². The van der Waals surface area contributed by atoms with Crippen LogP contribution < -0.4 is 5.32 Å². The first-order chi connectivity index (χ1) is 17.6. The first-order valence-corrected chi connectivity index (χ1v) is 14.4. The van der Waals surface area contributed by atoms with Crippen LogP contribution in [0.3, 0.4) is 0 Å². The van der Waals surface area contributed by atoms with E-state index in [2.05, 4.69) is 56.6 Å². The number of hydrogen-bond acceptors (Lipinski definition) is 6. The molecule has 5 nitrogen and oxygen atoms in total. The molecule has 1 amide bonds. The number of thioether (sulfide) groups is 1. The Kier molecular flexibility index (Phi) is 7.81. The fourth-order valence-corrected chi connectivity index (χ4v) is 6.27. The van der Waals surface area contributed by atoms with E-state index in [1.165, 1.54) is 34.2 Å². The molecule has 0 fully saturated rings. The van der Waals surface area contributed by atoms with Crippen LogP contribution in [0.2, 0.25) is 0 Å². The largest absolute Gasteiger partial charge is 0.302 e. The predicted molar refractivity (Wildman–Crippen MR) is 149 cm³/mol. The SMILES string of the molecule is N#Cc1cc2c(nc1SCCC(=O)Nc1nc(-c3ccc(Br)cc3)cs1)CCC(c1ccccc1)C2. The summed E-state index contributed by atoms with van der Waals surface area (Å²) in [4.78, 5) is 21.9. The lowest BCUT2D eigenvalue weighted by Gasteiger charge is -2.25. The molecule has 4 aromatic rings. The average molecular weight is 576 g/mol. The number of carbonyl (C=O) groups excluding carboxylic acids is 1. The molecule has 1 unspecified atom stereocenters. The number of halogens is 1. The number of aromatic nitrogens is 2. The number of nitriles is 1. The van der Waals surface area contributed by atoms with Gasteiger partial charge < -0.3 is 5.32 Å². The van der Waals surface area contributed by atoms with Crippen molar-refractivity contribution in [3.8, 4) is 17.3 Å². The van der Waals surface area contributed by atoms with Gasteiger partial charge in [0.15, 0.2) is 5.13 Å². The van der Waals surface area contributed by atoms with Gasteiger partial charge in [-0.15, -0.1) is 23.1 Å². The Morgan fingerprint density at radius 2 is 1.97 bits per heavy atom. The Hall–Kier alpha value is -2.99. The van der Waals surface area contributed by atoms with Crippen LogP contribution >= 0.6 is 39.0 Å². The molecule has 0 radical (unpaired) electrons. The number of nitrogens with one attached hydrogen (secondary N) is 1. The van der Waals surface area contributed by atoms with Crippen molar-refractivity contribution in [2.24, 2.45) is 0 Å². The van der Waals surface area contributed by atoms with Crippen LogP contribution in [0.4, 0.5) is 5.13 Å². The molecule has 36 heavy (non-hydrogen) atoms. The Bertz CT molecular complexity index is 1410. The molecule has 1 aliphatic rings. The van der Waals surface area contributed by atoms with Crippen LogP contribution in [0.5, 0.6) is 0 Å². The van der Waals surface area contributed by atoms with E-state index in [1.54, 1.807) is 0 Å². The maximum Gasteiger partial charge on any atom is 0.226 e. The number of rotatable bonds is 7. The van der Waals surface area contributed by atoms with Crippen molar-refractivity contribution in [2.45, 2.75) is 36.6 Å². The van der Waals surface area contributed by atoms with E-state index in [0.717, 1.165) is 40.7 Å². The van der Waals surface area contributed by atoms with E-state index >= 15 is 0 Å². The number of pyridine rings is 1. The number of benzene rings is 2. The second-order valence-electron chi connectivity index (χ2n) is 8.60. The fourth-order valence-electron chi connectivity index (χ4n) is 4.35.